The van der Waals surface area contributed by atoms with E-state index in [1.54, 1.807) is 0 Å². The third kappa shape index (κ3) is 5.19. The quantitative estimate of drug-likeness (QED) is 0.559. The molecule has 0 saturated carbocycles. The van der Waals surface area contributed by atoms with Crippen LogP contribution < -0.4 is 20.3 Å². The highest BCUT2D eigenvalue weighted by Gasteiger charge is 2.13. The Bertz CT molecular complexity index is 828. The third-order valence-corrected chi connectivity index (χ3v) is 5.46. The summed E-state index contributed by atoms with van der Waals surface area (Å²) >= 11 is 0. The number of fused-ring (bicyclic) bond motifs is 1. The van der Waals surface area contributed by atoms with Crippen molar-refractivity contribution in [3.63, 3.8) is 0 Å². The molecule has 2 aliphatic rings. The minimum Gasteiger partial charge on any atom is -0.493 e. The lowest BCUT2D eigenvalue weighted by Gasteiger charge is -2.16. The van der Waals surface area contributed by atoms with E-state index in [1.165, 1.54) is 24.0 Å². The van der Waals surface area contributed by atoms with Crippen LogP contribution in [0.3, 0.4) is 0 Å². The highest BCUT2D eigenvalue weighted by molar-refractivity contribution is 5.79. The molecule has 2 aromatic rings. The Morgan fingerprint density at radius 2 is 2.00 bits per heavy atom. The van der Waals surface area contributed by atoms with Crippen LogP contribution in [0.4, 0.5) is 5.82 Å². The van der Waals surface area contributed by atoms with Crippen molar-refractivity contribution in [3.8, 4) is 5.75 Å². The SMILES string of the molecule is CCNC(=NCc1ccc(N2CCCC2)nc1)NCCc1ccc2c(c1)CCO2. The predicted molar refractivity (Wildman–Crippen MR) is 118 cm³/mol. The van der Waals surface area contributed by atoms with Gasteiger partial charge in [-0.1, -0.05) is 18.2 Å². The number of nitrogens with one attached hydrogen (secondary N) is 2. The zero-order chi connectivity index (χ0) is 19.9. The van der Waals surface area contributed by atoms with Gasteiger partial charge in [-0.15, -0.1) is 0 Å². The fourth-order valence-corrected chi connectivity index (χ4v) is 3.88. The number of anilines is 1. The van der Waals surface area contributed by atoms with Gasteiger partial charge in [0.2, 0.25) is 0 Å². The van der Waals surface area contributed by atoms with Crippen molar-refractivity contribution >= 4 is 11.8 Å². The van der Waals surface area contributed by atoms with Gasteiger partial charge in [-0.05, 0) is 55.0 Å². The fourth-order valence-electron chi connectivity index (χ4n) is 3.88. The minimum absolute atomic E-state index is 0.624. The Morgan fingerprint density at radius 1 is 1.14 bits per heavy atom. The first-order valence-electron chi connectivity index (χ1n) is 10.8. The van der Waals surface area contributed by atoms with Gasteiger partial charge in [0, 0.05) is 38.8 Å². The number of hydrogen-bond donors (Lipinski definition) is 2. The average Bonchev–Trinajstić information content (AvgIpc) is 3.44. The molecule has 6 heteroatoms. The van der Waals surface area contributed by atoms with Crippen LogP contribution in [-0.2, 0) is 19.4 Å². The number of ether oxygens (including phenoxy) is 1. The van der Waals surface area contributed by atoms with E-state index in [2.05, 4.69) is 57.8 Å². The summed E-state index contributed by atoms with van der Waals surface area (Å²) in [6, 6.07) is 10.8. The summed E-state index contributed by atoms with van der Waals surface area (Å²) in [5.41, 5.74) is 3.79. The highest BCUT2D eigenvalue weighted by Crippen LogP contribution is 2.25. The second kappa shape index (κ2) is 9.63. The lowest BCUT2D eigenvalue weighted by atomic mass is 10.1. The summed E-state index contributed by atoms with van der Waals surface area (Å²) in [6.45, 7) is 7.45. The van der Waals surface area contributed by atoms with Gasteiger partial charge in [-0.3, -0.25) is 0 Å². The first-order chi connectivity index (χ1) is 14.3. The Morgan fingerprint density at radius 3 is 2.79 bits per heavy atom. The number of rotatable bonds is 7. The maximum absolute atomic E-state index is 5.59. The summed E-state index contributed by atoms with van der Waals surface area (Å²) < 4.78 is 5.59. The van der Waals surface area contributed by atoms with Crippen LogP contribution in [0.1, 0.15) is 36.5 Å². The average molecular weight is 394 g/mol. The van der Waals surface area contributed by atoms with E-state index in [4.69, 9.17) is 9.73 Å². The Hall–Kier alpha value is -2.76. The van der Waals surface area contributed by atoms with Crippen molar-refractivity contribution in [1.29, 1.82) is 0 Å². The molecule has 0 spiro atoms. The summed E-state index contributed by atoms with van der Waals surface area (Å²) in [5.74, 6) is 2.97. The van der Waals surface area contributed by atoms with E-state index in [1.807, 2.05) is 6.20 Å². The number of pyridine rings is 1. The summed E-state index contributed by atoms with van der Waals surface area (Å²) in [4.78, 5) is 11.7. The summed E-state index contributed by atoms with van der Waals surface area (Å²) in [7, 11) is 0. The Labute approximate surface area is 173 Å². The number of guanidine groups is 1. The number of benzene rings is 1. The van der Waals surface area contributed by atoms with Crippen molar-refractivity contribution in [2.45, 2.75) is 39.2 Å². The first-order valence-corrected chi connectivity index (χ1v) is 10.8. The molecule has 0 atom stereocenters. The van der Waals surface area contributed by atoms with Crippen LogP contribution in [0.25, 0.3) is 0 Å². The molecule has 1 fully saturated rings. The number of hydrogen-bond acceptors (Lipinski definition) is 4. The lowest BCUT2D eigenvalue weighted by molar-refractivity contribution is 0.357. The second-order valence-electron chi connectivity index (χ2n) is 7.63. The van der Waals surface area contributed by atoms with Crippen LogP contribution >= 0.6 is 0 Å². The molecule has 3 heterocycles. The van der Waals surface area contributed by atoms with Crippen molar-refractivity contribution < 1.29 is 4.74 Å². The molecule has 0 aliphatic carbocycles. The minimum atomic E-state index is 0.624. The molecule has 0 unspecified atom stereocenters. The van der Waals surface area contributed by atoms with E-state index < -0.39 is 0 Å². The third-order valence-electron chi connectivity index (χ3n) is 5.46. The van der Waals surface area contributed by atoms with Gasteiger partial charge in [0.05, 0.1) is 13.2 Å². The van der Waals surface area contributed by atoms with E-state index >= 15 is 0 Å². The van der Waals surface area contributed by atoms with Gasteiger partial charge >= 0.3 is 0 Å². The maximum Gasteiger partial charge on any atom is 0.191 e. The standard InChI is InChI=1S/C23H31N5O/c1-2-24-23(25-11-9-18-5-7-21-20(15-18)10-14-29-21)27-17-19-6-8-22(26-16-19)28-12-3-4-13-28/h5-8,15-16H,2-4,9-14,17H2,1H3,(H2,24,25,27). The number of aliphatic imine (C=N–C) groups is 1. The maximum atomic E-state index is 5.59. The molecule has 154 valence electrons. The van der Waals surface area contributed by atoms with E-state index in [-0.39, 0.29) is 0 Å². The van der Waals surface area contributed by atoms with Gasteiger partial charge in [0.15, 0.2) is 5.96 Å². The van der Waals surface area contributed by atoms with Crippen LogP contribution in [0, 0.1) is 0 Å². The van der Waals surface area contributed by atoms with E-state index in [0.717, 1.165) is 68.7 Å². The Kier molecular flexibility index (Phi) is 6.49. The van der Waals surface area contributed by atoms with E-state index in [9.17, 15) is 0 Å². The molecule has 1 aromatic heterocycles. The Balaban J connectivity index is 1.29. The molecular weight excluding hydrogens is 362 g/mol. The van der Waals surface area contributed by atoms with Crippen LogP contribution in [0.2, 0.25) is 0 Å². The summed E-state index contributed by atoms with van der Waals surface area (Å²) in [6.07, 6.45) is 6.47. The monoisotopic (exact) mass is 393 g/mol. The van der Waals surface area contributed by atoms with Gasteiger partial charge in [-0.25, -0.2) is 9.98 Å². The van der Waals surface area contributed by atoms with Crippen LogP contribution in [0.15, 0.2) is 41.5 Å². The zero-order valence-corrected chi connectivity index (χ0v) is 17.3. The van der Waals surface area contributed by atoms with Crippen molar-refractivity contribution in [2.24, 2.45) is 4.99 Å². The molecule has 6 nitrogen and oxygen atoms in total. The smallest absolute Gasteiger partial charge is 0.191 e. The van der Waals surface area contributed by atoms with Crippen molar-refractivity contribution in [1.82, 2.24) is 15.6 Å². The molecule has 0 amide bonds. The van der Waals surface area contributed by atoms with Gasteiger partial charge < -0.3 is 20.3 Å². The predicted octanol–water partition coefficient (Wildman–Crippen LogP) is 2.91. The molecule has 1 aromatic carbocycles. The second-order valence-corrected chi connectivity index (χ2v) is 7.63. The van der Waals surface area contributed by atoms with Gasteiger partial charge in [-0.2, -0.15) is 0 Å². The van der Waals surface area contributed by atoms with Gasteiger partial charge in [0.1, 0.15) is 11.6 Å². The molecule has 29 heavy (non-hydrogen) atoms. The van der Waals surface area contributed by atoms with Gasteiger partial charge in [0.25, 0.3) is 0 Å². The number of nitrogens with zero attached hydrogens (tertiary/aromatic N) is 3. The number of aromatic nitrogens is 1. The molecule has 0 radical (unpaired) electrons. The van der Waals surface area contributed by atoms with Crippen molar-refractivity contribution in [2.75, 3.05) is 37.7 Å². The fraction of sp³-hybridized carbons (Fsp3) is 0.478. The molecular formula is C23H31N5O. The zero-order valence-electron chi connectivity index (χ0n) is 17.3. The molecule has 1 saturated heterocycles. The van der Waals surface area contributed by atoms with E-state index in [0.29, 0.717) is 6.54 Å². The topological polar surface area (TPSA) is 61.8 Å². The van der Waals surface area contributed by atoms with Crippen molar-refractivity contribution in [3.05, 3.63) is 53.2 Å². The molecule has 2 N–H and O–H groups in total. The summed E-state index contributed by atoms with van der Waals surface area (Å²) in [5, 5.41) is 6.77. The lowest BCUT2D eigenvalue weighted by Crippen LogP contribution is -2.38. The highest BCUT2D eigenvalue weighted by atomic mass is 16.5. The molecule has 0 bridgehead atoms. The first kappa shape index (κ1) is 19.6. The molecule has 4 rings (SSSR count). The molecule has 2 aliphatic heterocycles. The van der Waals surface area contributed by atoms with Crippen LogP contribution in [-0.4, -0.2) is 43.7 Å². The van der Waals surface area contributed by atoms with Crippen LogP contribution in [0.5, 0.6) is 5.75 Å². The normalized spacial score (nSPS) is 15.9. The largest absolute Gasteiger partial charge is 0.493 e.